The van der Waals surface area contributed by atoms with E-state index in [0.29, 0.717) is 0 Å². The lowest BCUT2D eigenvalue weighted by Crippen LogP contribution is -1.98. The molecule has 0 amide bonds. The third-order valence-electron chi connectivity index (χ3n) is 1.88. The minimum absolute atomic E-state index is 0.0848. The summed E-state index contributed by atoms with van der Waals surface area (Å²) in [6, 6.07) is 4.02. The van der Waals surface area contributed by atoms with Gasteiger partial charge in [-0.2, -0.15) is 0 Å². The van der Waals surface area contributed by atoms with Crippen LogP contribution in [0.15, 0.2) is 22.7 Å². The maximum atomic E-state index is 10.7. The lowest BCUT2D eigenvalue weighted by molar-refractivity contribution is -0.383. The summed E-state index contributed by atoms with van der Waals surface area (Å²) in [4.78, 5) is 20.7. The van der Waals surface area contributed by atoms with Crippen molar-refractivity contribution in [3.05, 3.63) is 34.0 Å². The van der Waals surface area contributed by atoms with Crippen LogP contribution in [0.2, 0.25) is 0 Å². The molecule has 1 aromatic heterocycles. The monoisotopic (exact) mass is 208 g/mol. The molecule has 15 heavy (non-hydrogen) atoms. The molecule has 0 aliphatic rings. The van der Waals surface area contributed by atoms with E-state index >= 15 is 0 Å². The number of non-ortho nitro benzene ring substituents is 1. The maximum Gasteiger partial charge on any atom is 0.359 e. The fourth-order valence-electron chi connectivity index (χ4n) is 1.27. The molecule has 0 atom stereocenters. The quantitative estimate of drug-likeness (QED) is 0.590. The zero-order chi connectivity index (χ0) is 11.0. The molecule has 7 heteroatoms. The highest BCUT2D eigenvalue weighted by atomic mass is 16.6. The number of nitro benzene ring substituents is 1. The first-order valence-electron chi connectivity index (χ1n) is 3.87. The van der Waals surface area contributed by atoms with Crippen LogP contribution in [0.5, 0.6) is 0 Å². The van der Waals surface area contributed by atoms with E-state index in [-0.39, 0.29) is 16.7 Å². The summed E-state index contributed by atoms with van der Waals surface area (Å²) < 4.78 is 4.67. The molecule has 2 aromatic rings. The van der Waals surface area contributed by atoms with Crippen LogP contribution in [-0.2, 0) is 0 Å². The largest absolute Gasteiger partial charge is 0.476 e. The van der Waals surface area contributed by atoms with Crippen molar-refractivity contribution < 1.29 is 19.3 Å². The van der Waals surface area contributed by atoms with Crippen LogP contribution >= 0.6 is 0 Å². The van der Waals surface area contributed by atoms with Crippen molar-refractivity contribution in [2.24, 2.45) is 0 Å². The lowest BCUT2D eigenvalue weighted by atomic mass is 10.2. The second kappa shape index (κ2) is 3.05. The number of rotatable bonds is 2. The van der Waals surface area contributed by atoms with E-state index in [2.05, 4.69) is 9.68 Å². The first-order valence-corrected chi connectivity index (χ1v) is 3.87. The first kappa shape index (κ1) is 9.13. The van der Waals surface area contributed by atoms with Gasteiger partial charge in [-0.05, 0) is 6.07 Å². The summed E-state index contributed by atoms with van der Waals surface area (Å²) in [6.07, 6.45) is 0. The molecule has 0 saturated carbocycles. The molecule has 0 fully saturated rings. The number of hydrogen-bond acceptors (Lipinski definition) is 5. The van der Waals surface area contributed by atoms with Gasteiger partial charge in [-0.3, -0.25) is 10.1 Å². The molecule has 0 spiro atoms. The van der Waals surface area contributed by atoms with Crippen LogP contribution in [-0.4, -0.2) is 21.2 Å². The van der Waals surface area contributed by atoms with Gasteiger partial charge in [-0.15, -0.1) is 0 Å². The molecule has 1 heterocycles. The van der Waals surface area contributed by atoms with E-state index in [1.807, 2.05) is 0 Å². The molecule has 1 N–H and O–H groups in total. The Labute approximate surface area is 82.1 Å². The number of benzene rings is 1. The van der Waals surface area contributed by atoms with Gasteiger partial charge in [0.2, 0.25) is 5.69 Å². The summed E-state index contributed by atoms with van der Waals surface area (Å²) in [5.74, 6) is -1.36. The molecule has 0 aliphatic heterocycles. The van der Waals surface area contributed by atoms with Crippen molar-refractivity contribution >= 4 is 22.6 Å². The van der Waals surface area contributed by atoms with Crippen molar-refractivity contribution in [1.82, 2.24) is 5.16 Å². The molecule has 7 nitrogen and oxygen atoms in total. The minimum Gasteiger partial charge on any atom is -0.476 e. The van der Waals surface area contributed by atoms with Gasteiger partial charge in [0.1, 0.15) is 5.39 Å². The molecule has 0 unspecified atom stereocenters. The number of carboxylic acid groups (broad SMARTS) is 1. The fourth-order valence-corrected chi connectivity index (χ4v) is 1.27. The number of aromatic carboxylic acids is 1. The molecule has 0 radical (unpaired) electrons. The van der Waals surface area contributed by atoms with E-state index in [1.54, 1.807) is 0 Å². The Hall–Kier alpha value is -2.44. The predicted molar refractivity (Wildman–Crippen MR) is 47.6 cm³/mol. The highest BCUT2D eigenvalue weighted by Gasteiger charge is 2.23. The predicted octanol–water partition coefficient (Wildman–Crippen LogP) is 1.43. The molecule has 1 aromatic carbocycles. The molecule has 2 rings (SSSR count). The summed E-state index contributed by atoms with van der Waals surface area (Å²) in [5, 5.41) is 22.5. The number of nitro groups is 1. The van der Waals surface area contributed by atoms with Crippen molar-refractivity contribution in [1.29, 1.82) is 0 Å². The van der Waals surface area contributed by atoms with Gasteiger partial charge >= 0.3 is 5.97 Å². The summed E-state index contributed by atoms with van der Waals surface area (Å²) in [6.45, 7) is 0. The van der Waals surface area contributed by atoms with E-state index < -0.39 is 16.6 Å². The normalized spacial score (nSPS) is 10.4. The van der Waals surface area contributed by atoms with Gasteiger partial charge in [0.25, 0.3) is 5.69 Å². The standard InChI is InChI=1S/C8H4N2O5/c11-8(12)7-6-4(10(13)14)2-1-3-5(6)15-9-7/h1-3H,(H,11,12). The van der Waals surface area contributed by atoms with E-state index in [9.17, 15) is 14.9 Å². The summed E-state index contributed by atoms with van der Waals surface area (Å²) in [7, 11) is 0. The SMILES string of the molecule is O=C(O)c1noc2cccc([N+](=O)[O-])c12. The molecule has 76 valence electrons. The van der Waals surface area contributed by atoms with Crippen molar-refractivity contribution in [3.63, 3.8) is 0 Å². The van der Waals surface area contributed by atoms with E-state index in [1.165, 1.54) is 18.2 Å². The highest BCUT2D eigenvalue weighted by molar-refractivity contribution is 6.04. The number of aromatic nitrogens is 1. The molecule has 0 bridgehead atoms. The van der Waals surface area contributed by atoms with E-state index in [0.717, 1.165) is 0 Å². The molecule has 0 aliphatic carbocycles. The Morgan fingerprint density at radius 1 is 1.53 bits per heavy atom. The second-order valence-corrected chi connectivity index (χ2v) is 2.74. The van der Waals surface area contributed by atoms with E-state index in [4.69, 9.17) is 5.11 Å². The first-order chi connectivity index (χ1) is 7.11. The van der Waals surface area contributed by atoms with Crippen LogP contribution in [0.3, 0.4) is 0 Å². The van der Waals surface area contributed by atoms with Crippen LogP contribution in [0.4, 0.5) is 5.69 Å². The number of carboxylic acids is 1. The Morgan fingerprint density at radius 3 is 2.87 bits per heavy atom. The zero-order valence-corrected chi connectivity index (χ0v) is 7.21. The van der Waals surface area contributed by atoms with Gasteiger partial charge in [-0.1, -0.05) is 11.2 Å². The number of hydrogen-bond donors (Lipinski definition) is 1. The average molecular weight is 208 g/mol. The molecule has 0 saturated heterocycles. The van der Waals surface area contributed by atoms with Crippen LogP contribution in [0.1, 0.15) is 10.5 Å². The molecular formula is C8H4N2O5. The third kappa shape index (κ3) is 1.30. The van der Waals surface area contributed by atoms with Gasteiger partial charge < -0.3 is 9.63 Å². The Kier molecular flexibility index (Phi) is 1.86. The Morgan fingerprint density at radius 2 is 2.27 bits per heavy atom. The van der Waals surface area contributed by atoms with Gasteiger partial charge in [0.05, 0.1) is 4.92 Å². The Balaban J connectivity index is 2.86. The lowest BCUT2D eigenvalue weighted by Gasteiger charge is -1.92. The summed E-state index contributed by atoms with van der Waals surface area (Å²) in [5.41, 5.74) is -0.690. The zero-order valence-electron chi connectivity index (χ0n) is 7.21. The highest BCUT2D eigenvalue weighted by Crippen LogP contribution is 2.28. The smallest absolute Gasteiger partial charge is 0.359 e. The number of nitrogens with zero attached hydrogens (tertiary/aromatic N) is 2. The van der Waals surface area contributed by atoms with Gasteiger partial charge in [-0.25, -0.2) is 4.79 Å². The Bertz CT molecular complexity index is 559. The van der Waals surface area contributed by atoms with Crippen LogP contribution < -0.4 is 0 Å². The topological polar surface area (TPSA) is 106 Å². The second-order valence-electron chi connectivity index (χ2n) is 2.74. The molecular weight excluding hydrogens is 204 g/mol. The fraction of sp³-hybridized carbons (Fsp3) is 0. The van der Waals surface area contributed by atoms with Gasteiger partial charge in [0.15, 0.2) is 5.58 Å². The van der Waals surface area contributed by atoms with Crippen LogP contribution in [0.25, 0.3) is 11.0 Å². The third-order valence-corrected chi connectivity index (χ3v) is 1.88. The summed E-state index contributed by atoms with van der Waals surface area (Å²) >= 11 is 0. The van der Waals surface area contributed by atoms with Crippen molar-refractivity contribution in [3.8, 4) is 0 Å². The average Bonchev–Trinajstić information content (AvgIpc) is 2.60. The van der Waals surface area contributed by atoms with Crippen molar-refractivity contribution in [2.75, 3.05) is 0 Å². The van der Waals surface area contributed by atoms with Crippen molar-refractivity contribution in [2.45, 2.75) is 0 Å². The minimum atomic E-state index is -1.36. The van der Waals surface area contributed by atoms with Gasteiger partial charge in [0, 0.05) is 6.07 Å². The van der Waals surface area contributed by atoms with Crippen LogP contribution in [0, 0.1) is 10.1 Å². The number of carbonyl (C=O) groups is 1. The number of fused-ring (bicyclic) bond motifs is 1. The maximum absolute atomic E-state index is 10.7.